The van der Waals surface area contributed by atoms with Gasteiger partial charge in [-0.3, -0.25) is 4.98 Å². The summed E-state index contributed by atoms with van der Waals surface area (Å²) in [7, 11) is 0. The molecule has 2 rings (SSSR count). The van der Waals surface area contributed by atoms with Crippen molar-refractivity contribution in [2.24, 2.45) is 0 Å². The summed E-state index contributed by atoms with van der Waals surface area (Å²) in [6.45, 7) is 0. The molecule has 0 aromatic carbocycles. The van der Waals surface area contributed by atoms with Crippen LogP contribution in [0.2, 0.25) is 0 Å². The highest BCUT2D eigenvalue weighted by Gasteiger charge is 2.25. The summed E-state index contributed by atoms with van der Waals surface area (Å²) in [5.41, 5.74) is 0. The molecule has 1 saturated carbocycles. The minimum atomic E-state index is 0.453. The van der Waals surface area contributed by atoms with Crippen LogP contribution in [0.3, 0.4) is 0 Å². The second kappa shape index (κ2) is 4.45. The van der Waals surface area contributed by atoms with Crippen molar-refractivity contribution in [3.05, 3.63) is 12.4 Å². The Labute approximate surface area is 92.8 Å². The molecule has 4 heteroatoms. The molecule has 1 aliphatic carbocycles. The third-order valence-corrected chi connectivity index (χ3v) is 3.54. The molecule has 1 aliphatic rings. The number of hydrogen-bond acceptors (Lipinski definition) is 4. The fraction of sp³-hybridized carbons (Fsp3) is 0.500. The Kier molecular flexibility index (Phi) is 3.23. The maximum absolute atomic E-state index is 5.89. The van der Waals surface area contributed by atoms with E-state index in [1.54, 1.807) is 23.5 Å². The summed E-state index contributed by atoms with van der Waals surface area (Å²) >= 11 is 3.39. The first-order valence-electron chi connectivity index (χ1n) is 4.57. The fourth-order valence-corrected chi connectivity index (χ4v) is 2.25. The van der Waals surface area contributed by atoms with Gasteiger partial charge in [0.2, 0.25) is 0 Å². The molecule has 2 nitrogen and oxygen atoms in total. The van der Waals surface area contributed by atoms with E-state index in [1.165, 1.54) is 12.8 Å². The lowest BCUT2D eigenvalue weighted by Gasteiger charge is -2.11. The van der Waals surface area contributed by atoms with Crippen molar-refractivity contribution < 1.29 is 4.74 Å². The van der Waals surface area contributed by atoms with Gasteiger partial charge in [0, 0.05) is 12.4 Å². The molecule has 0 aliphatic heterocycles. The minimum absolute atomic E-state index is 0.453. The van der Waals surface area contributed by atoms with E-state index in [1.807, 2.05) is 12.4 Å². The van der Waals surface area contributed by atoms with Gasteiger partial charge >= 0.3 is 0 Å². The lowest BCUT2D eigenvalue weighted by atomic mass is 10.4. The van der Waals surface area contributed by atoms with Gasteiger partial charge < -0.3 is 4.74 Å². The summed E-state index contributed by atoms with van der Waals surface area (Å²) in [6, 6.07) is 0. The van der Waals surface area contributed by atoms with Crippen LogP contribution in [-0.4, -0.2) is 23.6 Å². The van der Waals surface area contributed by atoms with Crippen LogP contribution < -0.4 is 4.74 Å². The smallest absolute Gasteiger partial charge is 0.149 e. The van der Waals surface area contributed by atoms with Gasteiger partial charge in [-0.15, -0.1) is 23.5 Å². The average molecular weight is 227 g/mol. The number of thioether (sulfide) groups is 2. The molecule has 0 unspecified atom stereocenters. The minimum Gasteiger partial charge on any atom is -0.488 e. The number of pyridine rings is 1. The lowest BCUT2D eigenvalue weighted by molar-refractivity contribution is 0.288. The van der Waals surface area contributed by atoms with E-state index in [2.05, 4.69) is 17.5 Å². The number of hydrogen-bond donors (Lipinski definition) is 0. The van der Waals surface area contributed by atoms with Gasteiger partial charge in [-0.1, -0.05) is 0 Å². The molecule has 0 saturated heterocycles. The lowest BCUT2D eigenvalue weighted by Crippen LogP contribution is -1.99. The van der Waals surface area contributed by atoms with Gasteiger partial charge in [0.15, 0.2) is 0 Å². The predicted octanol–water partition coefficient (Wildman–Crippen LogP) is 3.07. The summed E-state index contributed by atoms with van der Waals surface area (Å²) in [6.07, 6.45) is 10.7. The number of ether oxygens (including phenoxy) is 1. The molecular formula is C10H13NOS2. The van der Waals surface area contributed by atoms with Crippen molar-refractivity contribution in [1.29, 1.82) is 0 Å². The highest BCUT2D eigenvalue weighted by atomic mass is 32.2. The molecule has 76 valence electrons. The van der Waals surface area contributed by atoms with Gasteiger partial charge in [-0.05, 0) is 25.4 Å². The van der Waals surface area contributed by atoms with Gasteiger partial charge in [-0.25, -0.2) is 0 Å². The normalized spacial score (nSPS) is 15.6. The second-order valence-electron chi connectivity index (χ2n) is 3.19. The van der Waals surface area contributed by atoms with E-state index >= 15 is 0 Å². The van der Waals surface area contributed by atoms with Gasteiger partial charge in [-0.2, -0.15) is 0 Å². The zero-order chi connectivity index (χ0) is 9.97. The van der Waals surface area contributed by atoms with E-state index < -0.39 is 0 Å². The second-order valence-corrected chi connectivity index (χ2v) is 4.89. The van der Waals surface area contributed by atoms with E-state index in [-0.39, 0.29) is 0 Å². The maximum atomic E-state index is 5.89. The van der Waals surface area contributed by atoms with Crippen molar-refractivity contribution in [1.82, 2.24) is 4.98 Å². The summed E-state index contributed by atoms with van der Waals surface area (Å²) in [5.74, 6) is 1.03. The van der Waals surface area contributed by atoms with Gasteiger partial charge in [0.25, 0.3) is 0 Å². The topological polar surface area (TPSA) is 22.1 Å². The zero-order valence-electron chi connectivity index (χ0n) is 8.32. The Balaban J connectivity index is 2.29. The van der Waals surface area contributed by atoms with Crippen LogP contribution in [0.5, 0.6) is 5.75 Å². The third-order valence-electron chi connectivity index (χ3n) is 2.08. The standard InChI is InChI=1S/C10H13NOS2/c1-13-8-5-11-6-9(14-2)10(8)12-7-3-4-7/h5-7H,3-4H2,1-2H3. The van der Waals surface area contributed by atoms with Crippen LogP contribution in [0.25, 0.3) is 0 Å². The molecule has 0 atom stereocenters. The molecule has 0 bridgehead atoms. The molecule has 14 heavy (non-hydrogen) atoms. The molecule has 0 amide bonds. The first-order chi connectivity index (χ1) is 6.85. The number of nitrogens with zero attached hydrogens (tertiary/aromatic N) is 1. The van der Waals surface area contributed by atoms with E-state index in [0.717, 1.165) is 15.5 Å². The first kappa shape index (κ1) is 10.2. The quantitative estimate of drug-likeness (QED) is 0.737. The average Bonchev–Trinajstić information content (AvgIpc) is 3.02. The molecule has 0 N–H and O–H groups in total. The molecule has 0 spiro atoms. The van der Waals surface area contributed by atoms with E-state index in [0.29, 0.717) is 6.10 Å². The van der Waals surface area contributed by atoms with Gasteiger partial charge in [0.1, 0.15) is 5.75 Å². The monoisotopic (exact) mass is 227 g/mol. The Bertz CT molecular complexity index is 304. The molecular weight excluding hydrogens is 214 g/mol. The molecule has 1 aromatic rings. The Morgan fingerprint density at radius 3 is 2.21 bits per heavy atom. The Morgan fingerprint density at radius 2 is 1.79 bits per heavy atom. The largest absolute Gasteiger partial charge is 0.488 e. The first-order valence-corrected chi connectivity index (χ1v) is 7.02. The van der Waals surface area contributed by atoms with Gasteiger partial charge in [0.05, 0.1) is 15.9 Å². The fourth-order valence-electron chi connectivity index (χ4n) is 1.17. The SMILES string of the molecule is CSc1cncc(SC)c1OC1CC1. The summed E-state index contributed by atoms with van der Waals surface area (Å²) in [5, 5.41) is 0. The third kappa shape index (κ3) is 2.17. The molecule has 1 aromatic heterocycles. The van der Waals surface area contributed by atoms with Crippen molar-refractivity contribution in [2.45, 2.75) is 28.7 Å². The molecule has 1 heterocycles. The predicted molar refractivity (Wildman–Crippen MR) is 61.4 cm³/mol. The van der Waals surface area contributed by atoms with E-state index in [9.17, 15) is 0 Å². The van der Waals surface area contributed by atoms with Crippen molar-refractivity contribution in [2.75, 3.05) is 12.5 Å². The Morgan fingerprint density at radius 1 is 1.21 bits per heavy atom. The van der Waals surface area contributed by atoms with Crippen LogP contribution >= 0.6 is 23.5 Å². The van der Waals surface area contributed by atoms with Crippen molar-refractivity contribution >= 4 is 23.5 Å². The van der Waals surface area contributed by atoms with Crippen LogP contribution in [-0.2, 0) is 0 Å². The summed E-state index contributed by atoms with van der Waals surface area (Å²) < 4.78 is 5.89. The van der Waals surface area contributed by atoms with Crippen LogP contribution in [0.4, 0.5) is 0 Å². The molecule has 0 radical (unpaired) electrons. The maximum Gasteiger partial charge on any atom is 0.149 e. The van der Waals surface area contributed by atoms with Crippen LogP contribution in [0.1, 0.15) is 12.8 Å². The highest BCUT2D eigenvalue weighted by molar-refractivity contribution is 7.99. The molecule has 1 fully saturated rings. The van der Waals surface area contributed by atoms with Crippen molar-refractivity contribution in [3.63, 3.8) is 0 Å². The Hall–Kier alpha value is -0.350. The number of aromatic nitrogens is 1. The van der Waals surface area contributed by atoms with E-state index in [4.69, 9.17) is 4.74 Å². The highest BCUT2D eigenvalue weighted by Crippen LogP contribution is 2.39. The van der Waals surface area contributed by atoms with Crippen LogP contribution in [0, 0.1) is 0 Å². The summed E-state index contributed by atoms with van der Waals surface area (Å²) in [4.78, 5) is 6.48. The zero-order valence-corrected chi connectivity index (χ0v) is 9.95. The van der Waals surface area contributed by atoms with Crippen LogP contribution in [0.15, 0.2) is 22.2 Å². The number of rotatable bonds is 4. The van der Waals surface area contributed by atoms with Crippen molar-refractivity contribution in [3.8, 4) is 5.75 Å².